The van der Waals surface area contributed by atoms with Crippen molar-refractivity contribution in [3.05, 3.63) is 83.9 Å². The fourth-order valence-electron chi connectivity index (χ4n) is 3.54. The van der Waals surface area contributed by atoms with E-state index in [0.717, 1.165) is 11.1 Å². The molecule has 3 nitrogen and oxygen atoms in total. The fourth-order valence-corrected chi connectivity index (χ4v) is 3.54. The zero-order chi connectivity index (χ0) is 18.8. The number of benzene rings is 2. The Labute approximate surface area is 155 Å². The van der Waals surface area contributed by atoms with Crippen LogP contribution in [-0.2, 0) is 0 Å². The number of aromatic carboxylic acids is 1. The van der Waals surface area contributed by atoms with Gasteiger partial charge in [-0.2, -0.15) is 5.26 Å². The van der Waals surface area contributed by atoms with E-state index in [9.17, 15) is 10.1 Å². The lowest BCUT2D eigenvalue weighted by atomic mass is 9.76. The number of nitriles is 1. The molecule has 26 heavy (non-hydrogen) atoms. The first kappa shape index (κ1) is 19.5. The maximum atomic E-state index is 10.2. The number of nitrogens with zero attached hydrogens (tertiary/aromatic N) is 1. The van der Waals surface area contributed by atoms with Crippen molar-refractivity contribution in [2.24, 2.45) is 5.92 Å². The van der Waals surface area contributed by atoms with E-state index in [1.54, 1.807) is 30.3 Å². The SMILES string of the molecule is C=CC(c1ccccc1C#N)C1CCCCC1.O=C(O)c1ccccc1. The van der Waals surface area contributed by atoms with Gasteiger partial charge in [-0.1, -0.05) is 61.7 Å². The molecular weight excluding hydrogens is 322 g/mol. The third-order valence-corrected chi connectivity index (χ3v) is 4.87. The molecule has 0 saturated heterocycles. The quantitative estimate of drug-likeness (QED) is 0.712. The Bertz CT molecular complexity index is 755. The van der Waals surface area contributed by atoms with Gasteiger partial charge in [0.15, 0.2) is 0 Å². The van der Waals surface area contributed by atoms with Crippen LogP contribution in [0.15, 0.2) is 67.3 Å². The highest BCUT2D eigenvalue weighted by Crippen LogP contribution is 2.37. The van der Waals surface area contributed by atoms with Crippen LogP contribution in [0, 0.1) is 17.2 Å². The average molecular weight is 347 g/mol. The Kier molecular flexibility index (Phi) is 7.64. The first-order valence-corrected chi connectivity index (χ1v) is 9.07. The monoisotopic (exact) mass is 347 g/mol. The molecule has 2 aromatic carbocycles. The molecule has 2 aromatic rings. The second-order valence-corrected chi connectivity index (χ2v) is 6.53. The van der Waals surface area contributed by atoms with Gasteiger partial charge in [-0.25, -0.2) is 4.79 Å². The maximum absolute atomic E-state index is 10.2. The zero-order valence-electron chi connectivity index (χ0n) is 15.0. The van der Waals surface area contributed by atoms with Crippen molar-refractivity contribution >= 4 is 5.97 Å². The van der Waals surface area contributed by atoms with Crippen LogP contribution in [-0.4, -0.2) is 11.1 Å². The normalized spacial score (nSPS) is 15.0. The summed E-state index contributed by atoms with van der Waals surface area (Å²) in [7, 11) is 0. The van der Waals surface area contributed by atoms with Gasteiger partial charge in [0.25, 0.3) is 0 Å². The first-order valence-electron chi connectivity index (χ1n) is 9.07. The van der Waals surface area contributed by atoms with Crippen LogP contribution in [0.2, 0.25) is 0 Å². The van der Waals surface area contributed by atoms with Crippen molar-refractivity contribution < 1.29 is 9.90 Å². The van der Waals surface area contributed by atoms with E-state index in [-0.39, 0.29) is 0 Å². The van der Waals surface area contributed by atoms with Gasteiger partial charge < -0.3 is 5.11 Å². The highest BCUT2D eigenvalue weighted by Gasteiger charge is 2.24. The molecule has 134 valence electrons. The van der Waals surface area contributed by atoms with Crippen molar-refractivity contribution in [3.63, 3.8) is 0 Å². The molecule has 0 amide bonds. The summed E-state index contributed by atoms with van der Waals surface area (Å²) in [6.07, 6.45) is 8.59. The van der Waals surface area contributed by atoms with Crippen molar-refractivity contribution in [1.29, 1.82) is 5.26 Å². The van der Waals surface area contributed by atoms with E-state index < -0.39 is 5.97 Å². The molecule has 0 aromatic heterocycles. The van der Waals surface area contributed by atoms with E-state index in [4.69, 9.17) is 5.11 Å². The lowest BCUT2D eigenvalue weighted by molar-refractivity contribution is 0.0697. The van der Waals surface area contributed by atoms with Crippen LogP contribution < -0.4 is 0 Å². The van der Waals surface area contributed by atoms with Crippen LogP contribution in [0.25, 0.3) is 0 Å². The summed E-state index contributed by atoms with van der Waals surface area (Å²) in [4.78, 5) is 10.2. The standard InChI is InChI=1S/C16H19N.C7H6O2/c1-2-15(13-8-4-3-5-9-13)16-11-7-6-10-14(16)12-17;8-7(9)6-4-2-1-3-5-6/h2,6-7,10-11,13,15H,1,3-5,8-9H2;1-5H,(H,8,9). The molecule has 3 heteroatoms. The van der Waals surface area contributed by atoms with Gasteiger partial charge >= 0.3 is 5.97 Å². The topological polar surface area (TPSA) is 61.1 Å². The Morgan fingerprint density at radius 3 is 2.23 bits per heavy atom. The molecule has 1 aliphatic rings. The van der Waals surface area contributed by atoms with Crippen molar-refractivity contribution in [1.82, 2.24) is 0 Å². The summed E-state index contributed by atoms with van der Waals surface area (Å²) >= 11 is 0. The van der Waals surface area contributed by atoms with Gasteiger partial charge in [0.1, 0.15) is 0 Å². The number of carbonyl (C=O) groups is 1. The molecule has 1 saturated carbocycles. The maximum Gasteiger partial charge on any atom is 0.335 e. The smallest absolute Gasteiger partial charge is 0.335 e. The van der Waals surface area contributed by atoms with Crippen LogP contribution in [0.3, 0.4) is 0 Å². The minimum atomic E-state index is -0.879. The molecule has 1 N–H and O–H groups in total. The highest BCUT2D eigenvalue weighted by molar-refractivity contribution is 5.87. The van der Waals surface area contributed by atoms with E-state index in [0.29, 0.717) is 17.4 Å². The van der Waals surface area contributed by atoms with E-state index in [2.05, 4.69) is 18.7 Å². The second-order valence-electron chi connectivity index (χ2n) is 6.53. The Balaban J connectivity index is 0.000000228. The van der Waals surface area contributed by atoms with Crippen LogP contribution in [0.1, 0.15) is 59.5 Å². The second kappa shape index (κ2) is 10.2. The molecule has 0 bridgehead atoms. The zero-order valence-corrected chi connectivity index (χ0v) is 15.0. The van der Waals surface area contributed by atoms with Crippen LogP contribution in [0.5, 0.6) is 0 Å². The molecule has 0 heterocycles. The largest absolute Gasteiger partial charge is 0.478 e. The summed E-state index contributed by atoms with van der Waals surface area (Å²) in [6, 6.07) is 18.5. The minimum absolute atomic E-state index is 0.331. The summed E-state index contributed by atoms with van der Waals surface area (Å²) < 4.78 is 0. The third-order valence-electron chi connectivity index (χ3n) is 4.87. The molecule has 1 unspecified atom stereocenters. The first-order chi connectivity index (χ1) is 12.7. The molecule has 0 radical (unpaired) electrons. The predicted molar refractivity (Wildman–Crippen MR) is 104 cm³/mol. The molecule has 1 aliphatic carbocycles. The molecule has 0 aliphatic heterocycles. The Morgan fingerprint density at radius 2 is 1.69 bits per heavy atom. The van der Waals surface area contributed by atoms with Crippen molar-refractivity contribution in [2.45, 2.75) is 38.0 Å². The summed E-state index contributed by atoms with van der Waals surface area (Å²) in [5.74, 6) is 0.150. The van der Waals surface area contributed by atoms with Gasteiger partial charge in [0.05, 0.1) is 17.2 Å². The van der Waals surface area contributed by atoms with Crippen molar-refractivity contribution in [2.75, 3.05) is 0 Å². The third kappa shape index (κ3) is 5.32. The molecule has 1 atom stereocenters. The van der Waals surface area contributed by atoms with Gasteiger partial charge in [-0.05, 0) is 42.5 Å². The lowest BCUT2D eigenvalue weighted by Crippen LogP contribution is -2.15. The lowest BCUT2D eigenvalue weighted by Gasteiger charge is -2.29. The number of allylic oxidation sites excluding steroid dienone is 1. The van der Waals surface area contributed by atoms with Gasteiger partial charge in [-0.3, -0.25) is 0 Å². The number of hydrogen-bond donors (Lipinski definition) is 1. The number of carboxylic acid groups (broad SMARTS) is 1. The van der Waals surface area contributed by atoms with Gasteiger partial charge in [-0.15, -0.1) is 6.58 Å². The average Bonchev–Trinajstić information content (AvgIpc) is 2.71. The molecular formula is C23H25NO2. The number of rotatable bonds is 4. The van der Waals surface area contributed by atoms with Gasteiger partial charge in [0.2, 0.25) is 0 Å². The van der Waals surface area contributed by atoms with E-state index >= 15 is 0 Å². The summed E-state index contributed by atoms with van der Waals surface area (Å²) in [5.41, 5.74) is 2.30. The fraction of sp³-hybridized carbons (Fsp3) is 0.304. The van der Waals surface area contributed by atoms with E-state index in [1.165, 1.54) is 32.1 Å². The number of carboxylic acids is 1. The molecule has 3 rings (SSSR count). The minimum Gasteiger partial charge on any atom is -0.478 e. The highest BCUT2D eigenvalue weighted by atomic mass is 16.4. The molecule has 0 spiro atoms. The summed E-state index contributed by atoms with van der Waals surface area (Å²) in [6.45, 7) is 3.98. The van der Waals surface area contributed by atoms with Crippen LogP contribution in [0.4, 0.5) is 0 Å². The van der Waals surface area contributed by atoms with E-state index in [1.807, 2.05) is 24.3 Å². The Morgan fingerprint density at radius 1 is 1.08 bits per heavy atom. The number of hydrogen-bond acceptors (Lipinski definition) is 2. The van der Waals surface area contributed by atoms with Gasteiger partial charge in [0, 0.05) is 5.92 Å². The summed E-state index contributed by atoms with van der Waals surface area (Å²) in [5, 5.41) is 17.6. The van der Waals surface area contributed by atoms with Crippen molar-refractivity contribution in [3.8, 4) is 6.07 Å². The Hall–Kier alpha value is -2.86. The predicted octanol–water partition coefficient (Wildman–Crippen LogP) is 5.79. The molecule has 1 fully saturated rings. The van der Waals surface area contributed by atoms with Crippen LogP contribution >= 0.6 is 0 Å².